The van der Waals surface area contributed by atoms with Gasteiger partial charge in [-0.3, -0.25) is 10.9 Å². The largest absolute Gasteiger partial charge is 0.336 e. The molecule has 0 aromatic heterocycles. The van der Waals surface area contributed by atoms with Gasteiger partial charge in [0, 0.05) is 0 Å². The maximum Gasteiger partial charge on any atom is 0.187 e. The van der Waals surface area contributed by atoms with Crippen LogP contribution in [0, 0.1) is 0 Å². The number of hydrazine groups is 1. The minimum Gasteiger partial charge on any atom is -0.336 e. The van der Waals surface area contributed by atoms with Gasteiger partial charge in [0.1, 0.15) is 0 Å². The molecule has 2 aliphatic rings. The average molecular weight is 483 g/mol. The molecule has 0 amide bonds. The fourth-order valence-corrected chi connectivity index (χ4v) is 4.35. The van der Waals surface area contributed by atoms with Crippen molar-refractivity contribution >= 4 is 34.7 Å². The molecule has 0 aliphatic heterocycles. The van der Waals surface area contributed by atoms with Gasteiger partial charge in [-0.05, 0) is 117 Å². The van der Waals surface area contributed by atoms with Crippen LogP contribution in [-0.4, -0.2) is 32.6 Å². The van der Waals surface area contributed by atoms with Gasteiger partial charge in [-0.1, -0.05) is 12.8 Å². The molecule has 0 bridgehead atoms. The van der Waals surface area contributed by atoms with E-state index < -0.39 is 11.3 Å². The molecule has 0 unspecified atom stereocenters. The van der Waals surface area contributed by atoms with E-state index in [9.17, 15) is 0 Å². The van der Waals surface area contributed by atoms with Crippen LogP contribution in [0.5, 0.6) is 0 Å². The molecule has 10 heteroatoms. The number of nitrogens with one attached hydrogen (secondary N) is 4. The fraction of sp³-hybridized carbons (Fsp3) is 0.909. The summed E-state index contributed by atoms with van der Waals surface area (Å²) in [5, 5.41) is 26.1. The van der Waals surface area contributed by atoms with Crippen molar-refractivity contribution in [2.24, 2.45) is 20.5 Å². The first-order valence-corrected chi connectivity index (χ1v) is 12.7. The predicted molar refractivity (Wildman–Crippen MR) is 139 cm³/mol. The van der Waals surface area contributed by atoms with Crippen molar-refractivity contribution < 1.29 is 0 Å². The van der Waals surface area contributed by atoms with Gasteiger partial charge in [0.25, 0.3) is 0 Å². The molecular formula is C22H42N8S2. The molecule has 0 atom stereocenters. The molecule has 2 aliphatic carbocycles. The molecule has 2 rings (SSSR count). The lowest BCUT2D eigenvalue weighted by atomic mass is 9.89. The Morgan fingerprint density at radius 2 is 0.906 bits per heavy atom. The Kier molecular flexibility index (Phi) is 9.34. The first-order chi connectivity index (χ1) is 14.8. The summed E-state index contributed by atoms with van der Waals surface area (Å²) in [6, 6.07) is 0. The Morgan fingerprint density at radius 1 is 0.594 bits per heavy atom. The van der Waals surface area contributed by atoms with Crippen molar-refractivity contribution in [2.75, 3.05) is 0 Å². The van der Waals surface area contributed by atoms with E-state index in [0.717, 1.165) is 51.4 Å². The maximum atomic E-state index is 5.55. The summed E-state index contributed by atoms with van der Waals surface area (Å²) in [6.07, 6.45) is 10.5. The van der Waals surface area contributed by atoms with Crippen LogP contribution < -0.4 is 21.5 Å². The zero-order valence-electron chi connectivity index (χ0n) is 20.7. The van der Waals surface area contributed by atoms with E-state index in [1.807, 2.05) is 41.5 Å². The molecule has 182 valence electrons. The Labute approximate surface area is 204 Å². The normalized spacial score (nSPS) is 21.3. The number of azo groups is 2. The van der Waals surface area contributed by atoms with Gasteiger partial charge in [-0.2, -0.15) is 20.5 Å². The van der Waals surface area contributed by atoms with Crippen molar-refractivity contribution in [3.63, 3.8) is 0 Å². The maximum absolute atomic E-state index is 5.55. The number of rotatable bonds is 4. The highest BCUT2D eigenvalue weighted by Crippen LogP contribution is 2.32. The molecule has 32 heavy (non-hydrogen) atoms. The third-order valence-electron chi connectivity index (χ3n) is 5.43. The van der Waals surface area contributed by atoms with Crippen molar-refractivity contribution in [1.29, 1.82) is 0 Å². The second kappa shape index (κ2) is 11.1. The van der Waals surface area contributed by atoms with Crippen LogP contribution in [0.2, 0.25) is 0 Å². The number of hydrogen-bond donors (Lipinski definition) is 4. The van der Waals surface area contributed by atoms with E-state index in [1.165, 1.54) is 12.8 Å². The van der Waals surface area contributed by atoms with Gasteiger partial charge in [-0.15, -0.1) is 0 Å². The molecule has 2 saturated carbocycles. The Hall–Kier alpha value is -1.42. The summed E-state index contributed by atoms with van der Waals surface area (Å²) in [5.41, 5.74) is 4.68. The highest BCUT2D eigenvalue weighted by atomic mass is 32.1. The van der Waals surface area contributed by atoms with Crippen molar-refractivity contribution in [3.05, 3.63) is 0 Å². The van der Waals surface area contributed by atoms with Gasteiger partial charge < -0.3 is 10.6 Å². The number of thiocarbonyl (C=S) groups is 2. The second-order valence-corrected chi connectivity index (χ2v) is 11.9. The standard InChI is InChI=1S/C22H42N8S2/c1-19(2,3)27-29-21(13-9-7-10-14-21)23-17(31)25-26-18(32)24-22(15-11-8-12-16-22)30-28-20(4,5)6/h7-16H2,1-6H3,(H2,23,25,31)(H2,24,26,32)/b29-27+,30-28+. The third kappa shape index (κ3) is 9.60. The average Bonchev–Trinajstić information content (AvgIpc) is 2.70. The van der Waals surface area contributed by atoms with Crippen LogP contribution in [0.25, 0.3) is 0 Å². The Bertz CT molecular complexity index is 634. The van der Waals surface area contributed by atoms with Crippen LogP contribution in [0.4, 0.5) is 0 Å². The van der Waals surface area contributed by atoms with Crippen molar-refractivity contribution in [2.45, 2.75) is 128 Å². The van der Waals surface area contributed by atoms with Crippen molar-refractivity contribution in [3.8, 4) is 0 Å². The number of nitrogens with zero attached hydrogens (tertiary/aromatic N) is 4. The first-order valence-electron chi connectivity index (χ1n) is 11.9. The molecule has 0 heterocycles. The lowest BCUT2D eigenvalue weighted by molar-refractivity contribution is 0.252. The van der Waals surface area contributed by atoms with Gasteiger partial charge in [0.2, 0.25) is 0 Å². The highest BCUT2D eigenvalue weighted by Gasteiger charge is 2.35. The summed E-state index contributed by atoms with van der Waals surface area (Å²) in [7, 11) is 0. The van der Waals surface area contributed by atoms with Gasteiger partial charge >= 0.3 is 0 Å². The summed E-state index contributed by atoms with van der Waals surface area (Å²) in [4.78, 5) is 0. The molecule has 4 N–H and O–H groups in total. The smallest absolute Gasteiger partial charge is 0.187 e. The fourth-order valence-electron chi connectivity index (χ4n) is 3.86. The molecule has 0 aromatic rings. The Morgan fingerprint density at radius 3 is 1.19 bits per heavy atom. The third-order valence-corrected chi connectivity index (χ3v) is 5.83. The van der Waals surface area contributed by atoms with Gasteiger partial charge in [-0.25, -0.2) is 0 Å². The van der Waals surface area contributed by atoms with Gasteiger partial charge in [0.05, 0.1) is 11.1 Å². The summed E-state index contributed by atoms with van der Waals surface area (Å²) in [6.45, 7) is 12.3. The molecule has 0 spiro atoms. The second-order valence-electron chi connectivity index (χ2n) is 11.1. The van der Waals surface area contributed by atoms with E-state index in [4.69, 9.17) is 24.4 Å². The lowest BCUT2D eigenvalue weighted by Gasteiger charge is -2.36. The number of hydrogen-bond acceptors (Lipinski definition) is 6. The molecule has 0 saturated heterocycles. The molecular weight excluding hydrogens is 440 g/mol. The Balaban J connectivity index is 1.96. The molecule has 8 nitrogen and oxygen atoms in total. The van der Waals surface area contributed by atoms with Crippen LogP contribution >= 0.6 is 24.4 Å². The topological polar surface area (TPSA) is 97.6 Å². The van der Waals surface area contributed by atoms with Crippen LogP contribution in [0.15, 0.2) is 20.5 Å². The zero-order valence-corrected chi connectivity index (χ0v) is 22.3. The van der Waals surface area contributed by atoms with Crippen LogP contribution in [-0.2, 0) is 0 Å². The summed E-state index contributed by atoms with van der Waals surface area (Å²) >= 11 is 11.1. The van der Waals surface area contributed by atoms with E-state index in [1.54, 1.807) is 0 Å². The summed E-state index contributed by atoms with van der Waals surface area (Å²) in [5.74, 6) is 0. The molecule has 0 radical (unpaired) electrons. The van der Waals surface area contributed by atoms with Crippen LogP contribution in [0.1, 0.15) is 106 Å². The van der Waals surface area contributed by atoms with Crippen molar-refractivity contribution in [1.82, 2.24) is 21.5 Å². The monoisotopic (exact) mass is 482 g/mol. The van der Waals surface area contributed by atoms with E-state index in [2.05, 4.69) is 41.9 Å². The van der Waals surface area contributed by atoms with Gasteiger partial charge in [0.15, 0.2) is 21.6 Å². The zero-order chi connectivity index (χ0) is 23.9. The minimum atomic E-state index is -0.460. The predicted octanol–water partition coefficient (Wildman–Crippen LogP) is 5.65. The first kappa shape index (κ1) is 26.8. The van der Waals surface area contributed by atoms with E-state index >= 15 is 0 Å². The SMILES string of the molecule is CC(C)(C)/N=N/C1(NC(=S)NNC(=S)NC2(/N=N/C(C)(C)C)CCCCC2)CCCCC1. The quantitative estimate of drug-likeness (QED) is 0.235. The van der Waals surface area contributed by atoms with Crippen LogP contribution in [0.3, 0.4) is 0 Å². The van der Waals surface area contributed by atoms with E-state index in [-0.39, 0.29) is 11.1 Å². The van der Waals surface area contributed by atoms with E-state index in [0.29, 0.717) is 10.2 Å². The molecule has 2 fully saturated rings. The highest BCUT2D eigenvalue weighted by molar-refractivity contribution is 7.80. The molecule has 0 aromatic carbocycles. The summed E-state index contributed by atoms with van der Waals surface area (Å²) < 4.78 is 0. The lowest BCUT2D eigenvalue weighted by Crippen LogP contribution is -2.59. The minimum absolute atomic E-state index is 0.221.